The van der Waals surface area contributed by atoms with Gasteiger partial charge in [0.05, 0.1) is 0 Å². The number of Topliss-reactive ketones (excluding diaryl/α,β-unsaturated/α-hetero) is 1. The Labute approximate surface area is 85.3 Å². The minimum absolute atomic E-state index is 0.254. The lowest BCUT2D eigenvalue weighted by atomic mass is 10.0. The fourth-order valence-electron chi connectivity index (χ4n) is 1.47. The second-order valence-electron chi connectivity index (χ2n) is 3.50. The number of carbonyl (C=O) groups is 1. The molecule has 0 heterocycles. The smallest absolute Gasteiger partial charge is 0.130 e. The Morgan fingerprint density at radius 2 is 1.93 bits per heavy atom. The molecule has 0 unspecified atom stereocenters. The molecule has 1 rings (SSSR count). The minimum atomic E-state index is 0.254. The topological polar surface area (TPSA) is 29.1 Å². The molecule has 0 atom stereocenters. The van der Waals surface area contributed by atoms with Crippen molar-refractivity contribution in [2.24, 2.45) is 0 Å². The Hall–Kier alpha value is -1.15. The van der Waals surface area contributed by atoms with Gasteiger partial charge in [0.1, 0.15) is 5.78 Å². The molecule has 0 bridgehead atoms. The number of hydrogen-bond acceptors (Lipinski definition) is 2. The molecule has 0 fully saturated rings. The molecule has 0 aromatic heterocycles. The molecule has 0 aliphatic rings. The zero-order chi connectivity index (χ0) is 10.4. The van der Waals surface area contributed by atoms with E-state index in [1.54, 1.807) is 6.92 Å². The van der Waals surface area contributed by atoms with E-state index in [2.05, 4.69) is 17.4 Å². The first-order valence-corrected chi connectivity index (χ1v) is 4.95. The largest absolute Gasteiger partial charge is 0.316 e. The van der Waals surface area contributed by atoms with Crippen LogP contribution in [0.25, 0.3) is 0 Å². The number of nitrogens with one attached hydrogen (secondary N) is 1. The van der Waals surface area contributed by atoms with E-state index in [9.17, 15) is 4.79 Å². The fraction of sp³-hybridized carbons (Fsp3) is 0.417. The van der Waals surface area contributed by atoms with Crippen LogP contribution in [-0.4, -0.2) is 12.8 Å². The summed E-state index contributed by atoms with van der Waals surface area (Å²) in [5, 5.41) is 3.13. The number of rotatable bonds is 5. The summed E-state index contributed by atoms with van der Waals surface area (Å²) in [6.45, 7) is 2.51. The van der Waals surface area contributed by atoms with E-state index in [4.69, 9.17) is 0 Å². The van der Waals surface area contributed by atoms with Crippen molar-refractivity contribution >= 4 is 5.78 Å². The van der Waals surface area contributed by atoms with Gasteiger partial charge < -0.3 is 10.1 Å². The summed E-state index contributed by atoms with van der Waals surface area (Å²) in [5.74, 6) is 0.254. The van der Waals surface area contributed by atoms with E-state index < -0.39 is 0 Å². The van der Waals surface area contributed by atoms with Crippen LogP contribution in [0.1, 0.15) is 24.5 Å². The fourth-order valence-corrected chi connectivity index (χ4v) is 1.47. The molecule has 0 spiro atoms. The van der Waals surface area contributed by atoms with E-state index in [-0.39, 0.29) is 5.78 Å². The molecular weight excluding hydrogens is 174 g/mol. The van der Waals surface area contributed by atoms with E-state index in [0.717, 1.165) is 13.0 Å². The highest BCUT2D eigenvalue weighted by molar-refractivity contribution is 5.75. The molecule has 76 valence electrons. The molecular formula is C12H17NO. The first kappa shape index (κ1) is 10.9. The van der Waals surface area contributed by atoms with Crippen molar-refractivity contribution in [3.05, 3.63) is 35.4 Å². The summed E-state index contributed by atoms with van der Waals surface area (Å²) < 4.78 is 0. The van der Waals surface area contributed by atoms with Crippen molar-refractivity contribution in [1.82, 2.24) is 5.32 Å². The monoisotopic (exact) mass is 191 g/mol. The van der Waals surface area contributed by atoms with Crippen molar-refractivity contribution in [3.8, 4) is 0 Å². The maximum absolute atomic E-state index is 10.9. The molecule has 0 saturated heterocycles. The lowest BCUT2D eigenvalue weighted by Gasteiger charge is -2.07. The SMILES string of the molecule is CNCc1ccccc1CCC(C)=O. The van der Waals surface area contributed by atoms with Gasteiger partial charge in [-0.15, -0.1) is 0 Å². The molecule has 0 radical (unpaired) electrons. The maximum Gasteiger partial charge on any atom is 0.130 e. The molecule has 2 heteroatoms. The Balaban J connectivity index is 2.68. The van der Waals surface area contributed by atoms with Gasteiger partial charge in [0.25, 0.3) is 0 Å². The van der Waals surface area contributed by atoms with Gasteiger partial charge in [-0.2, -0.15) is 0 Å². The zero-order valence-electron chi connectivity index (χ0n) is 8.84. The summed E-state index contributed by atoms with van der Waals surface area (Å²) in [5.41, 5.74) is 2.56. The van der Waals surface area contributed by atoms with E-state index in [0.29, 0.717) is 6.42 Å². The Bertz CT molecular complexity index is 307. The lowest BCUT2D eigenvalue weighted by molar-refractivity contribution is -0.116. The van der Waals surface area contributed by atoms with Crippen molar-refractivity contribution < 1.29 is 4.79 Å². The van der Waals surface area contributed by atoms with Crippen molar-refractivity contribution in [2.45, 2.75) is 26.3 Å². The quantitative estimate of drug-likeness (QED) is 0.770. The number of ketones is 1. The van der Waals surface area contributed by atoms with Crippen molar-refractivity contribution in [3.63, 3.8) is 0 Å². The van der Waals surface area contributed by atoms with Crippen molar-refractivity contribution in [2.75, 3.05) is 7.05 Å². The van der Waals surface area contributed by atoms with Gasteiger partial charge in [0.2, 0.25) is 0 Å². The molecule has 1 N–H and O–H groups in total. The number of hydrogen-bond donors (Lipinski definition) is 1. The van der Waals surface area contributed by atoms with Crippen LogP contribution in [0, 0.1) is 0 Å². The highest BCUT2D eigenvalue weighted by Gasteiger charge is 2.01. The van der Waals surface area contributed by atoms with Gasteiger partial charge in [0, 0.05) is 13.0 Å². The van der Waals surface area contributed by atoms with E-state index >= 15 is 0 Å². The second-order valence-corrected chi connectivity index (χ2v) is 3.50. The van der Waals surface area contributed by atoms with Gasteiger partial charge in [0.15, 0.2) is 0 Å². The average molecular weight is 191 g/mol. The summed E-state index contributed by atoms with van der Waals surface area (Å²) in [6.07, 6.45) is 1.49. The third-order valence-electron chi connectivity index (χ3n) is 2.23. The van der Waals surface area contributed by atoms with Crippen LogP contribution in [0.15, 0.2) is 24.3 Å². The Morgan fingerprint density at radius 3 is 2.50 bits per heavy atom. The Kier molecular flexibility index (Phi) is 4.33. The standard InChI is InChI=1S/C12H17NO/c1-10(14)7-8-11-5-3-4-6-12(11)9-13-2/h3-6,13H,7-9H2,1-2H3. The summed E-state index contributed by atoms with van der Waals surface area (Å²) in [7, 11) is 1.93. The highest BCUT2D eigenvalue weighted by atomic mass is 16.1. The van der Waals surface area contributed by atoms with Crippen LogP contribution < -0.4 is 5.32 Å². The first-order chi connectivity index (χ1) is 6.74. The molecule has 1 aromatic carbocycles. The first-order valence-electron chi connectivity index (χ1n) is 4.95. The minimum Gasteiger partial charge on any atom is -0.316 e. The van der Waals surface area contributed by atoms with Gasteiger partial charge >= 0.3 is 0 Å². The molecule has 0 aliphatic heterocycles. The predicted octanol–water partition coefficient (Wildman–Crippen LogP) is 1.93. The average Bonchev–Trinajstić information content (AvgIpc) is 2.17. The maximum atomic E-state index is 10.9. The van der Waals surface area contributed by atoms with Crippen LogP contribution in [0.4, 0.5) is 0 Å². The number of benzene rings is 1. The molecule has 1 aromatic rings. The molecule has 0 aliphatic carbocycles. The van der Waals surface area contributed by atoms with Crippen LogP contribution >= 0.6 is 0 Å². The van der Waals surface area contributed by atoms with Gasteiger partial charge in [-0.25, -0.2) is 0 Å². The third-order valence-corrected chi connectivity index (χ3v) is 2.23. The Morgan fingerprint density at radius 1 is 1.29 bits per heavy atom. The number of carbonyl (C=O) groups excluding carboxylic acids is 1. The van der Waals surface area contributed by atoms with E-state index in [1.807, 2.05) is 19.2 Å². The van der Waals surface area contributed by atoms with Crippen LogP contribution in [0.3, 0.4) is 0 Å². The summed E-state index contributed by atoms with van der Waals surface area (Å²) in [6, 6.07) is 8.25. The normalized spacial score (nSPS) is 10.1. The van der Waals surface area contributed by atoms with Gasteiger partial charge in [-0.05, 0) is 31.5 Å². The summed E-state index contributed by atoms with van der Waals surface area (Å²) in [4.78, 5) is 10.9. The third kappa shape index (κ3) is 3.30. The predicted molar refractivity (Wildman–Crippen MR) is 58.2 cm³/mol. The zero-order valence-corrected chi connectivity index (χ0v) is 8.84. The van der Waals surface area contributed by atoms with Crippen LogP contribution in [0.2, 0.25) is 0 Å². The molecule has 0 amide bonds. The van der Waals surface area contributed by atoms with Crippen LogP contribution in [0.5, 0.6) is 0 Å². The van der Waals surface area contributed by atoms with Gasteiger partial charge in [-0.1, -0.05) is 24.3 Å². The second kappa shape index (κ2) is 5.55. The molecule has 0 saturated carbocycles. The molecule has 2 nitrogen and oxygen atoms in total. The van der Waals surface area contributed by atoms with Crippen molar-refractivity contribution in [1.29, 1.82) is 0 Å². The van der Waals surface area contributed by atoms with Crippen LogP contribution in [-0.2, 0) is 17.8 Å². The lowest BCUT2D eigenvalue weighted by Crippen LogP contribution is -2.08. The van der Waals surface area contributed by atoms with E-state index in [1.165, 1.54) is 11.1 Å². The summed E-state index contributed by atoms with van der Waals surface area (Å²) >= 11 is 0. The van der Waals surface area contributed by atoms with Gasteiger partial charge in [-0.3, -0.25) is 0 Å². The highest BCUT2D eigenvalue weighted by Crippen LogP contribution is 2.10. The number of aryl methyl sites for hydroxylation is 1. The molecule has 14 heavy (non-hydrogen) atoms.